The molecule has 0 aliphatic rings. The monoisotopic (exact) mass is 443 g/mol. The minimum atomic E-state index is -4.02. The quantitative estimate of drug-likeness (QED) is 0.338. The molecule has 0 unspecified atom stereocenters. The number of halogens is 1. The maximum Gasteiger partial charge on any atom is 0.339 e. The molecule has 7 heteroatoms. The number of benzene rings is 3. The molecule has 30 heavy (non-hydrogen) atoms. The number of hydrogen-bond donors (Lipinski definition) is 0. The minimum absolute atomic E-state index is 0.00911. The second kappa shape index (κ2) is 9.32. The molecule has 0 bridgehead atoms. The highest BCUT2D eigenvalue weighted by molar-refractivity contribution is 7.87. The van der Waals surface area contributed by atoms with Crippen LogP contribution in [0.4, 0.5) is 5.69 Å². The van der Waals surface area contributed by atoms with Crippen molar-refractivity contribution in [1.82, 2.24) is 0 Å². The summed E-state index contributed by atoms with van der Waals surface area (Å²) in [4.78, 5) is 4.54. The Hall–Kier alpha value is -2.83. The van der Waals surface area contributed by atoms with E-state index in [1.807, 2.05) is 32.9 Å². The summed E-state index contributed by atoms with van der Waals surface area (Å²) in [7, 11) is -4.02. The molecule has 0 aliphatic heterocycles. The summed E-state index contributed by atoms with van der Waals surface area (Å²) < 4.78 is 36.1. The first-order valence-electron chi connectivity index (χ1n) is 9.37. The number of nitrogens with zero attached hydrogens (tertiary/aromatic N) is 1. The van der Waals surface area contributed by atoms with Gasteiger partial charge in [0, 0.05) is 11.2 Å². The molecule has 0 fully saturated rings. The Bertz CT molecular complexity index is 1170. The van der Waals surface area contributed by atoms with E-state index in [1.54, 1.807) is 24.4 Å². The van der Waals surface area contributed by atoms with E-state index in [9.17, 15) is 8.42 Å². The van der Waals surface area contributed by atoms with E-state index >= 15 is 0 Å². The standard InChI is InChI=1S/C23H22ClNO4S/c1-4-28-23-14-18(15-25-21-11-5-16(2)13-17(21)3)6-12-22(23)29-30(26,27)20-9-7-19(24)8-10-20/h5-15H,4H2,1-3H3. The van der Waals surface area contributed by atoms with Gasteiger partial charge in [-0.1, -0.05) is 29.3 Å². The molecule has 0 saturated carbocycles. The lowest BCUT2D eigenvalue weighted by atomic mass is 10.1. The van der Waals surface area contributed by atoms with Crippen LogP contribution in [0.25, 0.3) is 0 Å². The van der Waals surface area contributed by atoms with Crippen molar-refractivity contribution in [2.45, 2.75) is 25.7 Å². The van der Waals surface area contributed by atoms with Crippen molar-refractivity contribution in [1.29, 1.82) is 0 Å². The molecule has 0 spiro atoms. The highest BCUT2D eigenvalue weighted by Crippen LogP contribution is 2.31. The smallest absolute Gasteiger partial charge is 0.339 e. The lowest BCUT2D eigenvalue weighted by Crippen LogP contribution is -2.11. The summed E-state index contributed by atoms with van der Waals surface area (Å²) >= 11 is 5.83. The Morgan fingerprint density at radius 3 is 2.37 bits per heavy atom. The molecule has 0 heterocycles. The van der Waals surface area contributed by atoms with Crippen LogP contribution in [-0.4, -0.2) is 21.2 Å². The molecule has 0 aromatic heterocycles. The zero-order chi connectivity index (χ0) is 21.7. The van der Waals surface area contributed by atoms with Crippen LogP contribution in [0.15, 0.2) is 70.6 Å². The maximum atomic E-state index is 12.6. The number of hydrogen-bond acceptors (Lipinski definition) is 5. The topological polar surface area (TPSA) is 65.0 Å². The average molecular weight is 444 g/mol. The van der Waals surface area contributed by atoms with Crippen molar-refractivity contribution in [3.63, 3.8) is 0 Å². The normalized spacial score (nSPS) is 11.6. The Morgan fingerprint density at radius 1 is 0.967 bits per heavy atom. The van der Waals surface area contributed by atoms with E-state index in [4.69, 9.17) is 20.5 Å². The van der Waals surface area contributed by atoms with Gasteiger partial charge in [0.2, 0.25) is 0 Å². The molecular formula is C23H22ClNO4S. The van der Waals surface area contributed by atoms with E-state index < -0.39 is 10.1 Å². The van der Waals surface area contributed by atoms with Crippen LogP contribution in [0.2, 0.25) is 5.02 Å². The Balaban J connectivity index is 1.87. The van der Waals surface area contributed by atoms with E-state index in [-0.39, 0.29) is 10.6 Å². The lowest BCUT2D eigenvalue weighted by Gasteiger charge is -2.12. The molecule has 0 saturated heterocycles. The molecule has 0 atom stereocenters. The van der Waals surface area contributed by atoms with E-state index in [0.29, 0.717) is 17.4 Å². The Labute approximate surface area is 182 Å². The molecule has 0 N–H and O–H groups in total. The first-order valence-corrected chi connectivity index (χ1v) is 11.2. The third-order valence-corrected chi connectivity index (χ3v) is 5.77. The van der Waals surface area contributed by atoms with E-state index in [1.165, 1.54) is 29.8 Å². The Morgan fingerprint density at radius 2 is 1.70 bits per heavy atom. The summed E-state index contributed by atoms with van der Waals surface area (Å²) in [6.45, 7) is 6.21. The van der Waals surface area contributed by atoms with Gasteiger partial charge in [0.15, 0.2) is 11.5 Å². The SMILES string of the molecule is CCOc1cc(C=Nc2ccc(C)cc2C)ccc1OS(=O)(=O)c1ccc(Cl)cc1. The lowest BCUT2D eigenvalue weighted by molar-refractivity contribution is 0.327. The van der Waals surface area contributed by atoms with Crippen molar-refractivity contribution in [2.75, 3.05) is 6.61 Å². The van der Waals surface area contributed by atoms with Crippen molar-refractivity contribution in [3.05, 3.63) is 82.4 Å². The van der Waals surface area contributed by atoms with Crippen LogP contribution < -0.4 is 8.92 Å². The van der Waals surface area contributed by atoms with Crippen molar-refractivity contribution >= 4 is 33.6 Å². The van der Waals surface area contributed by atoms with Crippen LogP contribution in [0.3, 0.4) is 0 Å². The van der Waals surface area contributed by atoms with Crippen molar-refractivity contribution in [3.8, 4) is 11.5 Å². The zero-order valence-corrected chi connectivity index (χ0v) is 18.5. The minimum Gasteiger partial charge on any atom is -0.490 e. The fraction of sp³-hybridized carbons (Fsp3) is 0.174. The number of aliphatic imine (C=N–C) groups is 1. The fourth-order valence-electron chi connectivity index (χ4n) is 2.80. The van der Waals surface area contributed by atoms with E-state index in [0.717, 1.165) is 16.8 Å². The molecule has 3 aromatic rings. The van der Waals surface area contributed by atoms with Gasteiger partial charge in [-0.2, -0.15) is 8.42 Å². The molecule has 3 aromatic carbocycles. The summed E-state index contributed by atoms with van der Waals surface area (Å²) in [5.74, 6) is 0.426. The average Bonchev–Trinajstić information content (AvgIpc) is 2.69. The van der Waals surface area contributed by atoms with Gasteiger partial charge in [0.25, 0.3) is 0 Å². The predicted molar refractivity (Wildman–Crippen MR) is 120 cm³/mol. The van der Waals surface area contributed by atoms with Crippen LogP contribution in [0.5, 0.6) is 11.5 Å². The number of aryl methyl sites for hydroxylation is 2. The van der Waals surface area contributed by atoms with Gasteiger partial charge < -0.3 is 8.92 Å². The zero-order valence-electron chi connectivity index (χ0n) is 16.9. The van der Waals surface area contributed by atoms with Gasteiger partial charge in [-0.15, -0.1) is 0 Å². The van der Waals surface area contributed by atoms with Crippen LogP contribution in [-0.2, 0) is 10.1 Å². The summed E-state index contributed by atoms with van der Waals surface area (Å²) in [6, 6.07) is 16.8. The van der Waals surface area contributed by atoms with Gasteiger partial charge >= 0.3 is 10.1 Å². The Kier molecular flexibility index (Phi) is 6.80. The molecule has 5 nitrogen and oxygen atoms in total. The first kappa shape index (κ1) is 21.9. The fourth-order valence-corrected chi connectivity index (χ4v) is 3.87. The van der Waals surface area contributed by atoms with Crippen molar-refractivity contribution < 1.29 is 17.3 Å². The molecule has 3 rings (SSSR count). The largest absolute Gasteiger partial charge is 0.490 e. The predicted octanol–water partition coefficient (Wildman–Crippen LogP) is 5.87. The molecular weight excluding hydrogens is 422 g/mol. The van der Waals surface area contributed by atoms with Crippen molar-refractivity contribution in [2.24, 2.45) is 4.99 Å². The highest BCUT2D eigenvalue weighted by Gasteiger charge is 2.19. The molecule has 0 amide bonds. The molecule has 0 aliphatic carbocycles. The molecule has 0 radical (unpaired) electrons. The van der Waals surface area contributed by atoms with Gasteiger partial charge in [-0.05, 0) is 80.4 Å². The van der Waals surface area contributed by atoms with Gasteiger partial charge in [0.1, 0.15) is 4.90 Å². The second-order valence-corrected chi connectivity index (χ2v) is 8.66. The van der Waals surface area contributed by atoms with Crippen LogP contribution in [0, 0.1) is 13.8 Å². The van der Waals surface area contributed by atoms with E-state index in [2.05, 4.69) is 11.1 Å². The third-order valence-electron chi connectivity index (χ3n) is 4.27. The summed E-state index contributed by atoms with van der Waals surface area (Å²) in [6.07, 6.45) is 1.71. The van der Waals surface area contributed by atoms with Gasteiger partial charge in [0.05, 0.1) is 12.3 Å². The van der Waals surface area contributed by atoms with Gasteiger partial charge in [-0.25, -0.2) is 0 Å². The highest BCUT2D eigenvalue weighted by atomic mass is 35.5. The van der Waals surface area contributed by atoms with Crippen LogP contribution in [0.1, 0.15) is 23.6 Å². The number of rotatable bonds is 7. The maximum absolute atomic E-state index is 12.6. The van der Waals surface area contributed by atoms with Gasteiger partial charge in [-0.3, -0.25) is 4.99 Å². The number of ether oxygens (including phenoxy) is 1. The summed E-state index contributed by atoms with van der Waals surface area (Å²) in [5, 5.41) is 0.441. The third kappa shape index (κ3) is 5.40. The second-order valence-electron chi connectivity index (χ2n) is 6.68. The first-order chi connectivity index (χ1) is 14.3. The van der Waals surface area contributed by atoms with Crippen LogP contribution >= 0.6 is 11.6 Å². The molecule has 156 valence electrons. The summed E-state index contributed by atoms with van der Waals surface area (Å²) in [5.41, 5.74) is 3.87.